The van der Waals surface area contributed by atoms with Crippen LogP contribution < -0.4 is 43.8 Å². The van der Waals surface area contributed by atoms with Crippen LogP contribution in [-0.4, -0.2) is 72.5 Å². The van der Waals surface area contributed by atoms with Crippen molar-refractivity contribution in [1.29, 1.82) is 10.8 Å². The summed E-state index contributed by atoms with van der Waals surface area (Å²) in [6.45, 7) is 3.49. The molecule has 13 N–H and O–H groups in total. The molecule has 0 aliphatic rings. The minimum atomic E-state index is -1.15. The highest BCUT2D eigenvalue weighted by molar-refractivity contribution is 6.09. The van der Waals surface area contributed by atoms with Crippen LogP contribution in [0.15, 0.2) is 54.6 Å². The summed E-state index contributed by atoms with van der Waals surface area (Å²) in [5, 5.41) is 27.8. The minimum absolute atomic E-state index is 0.0273. The van der Waals surface area contributed by atoms with E-state index in [9.17, 15) is 24.0 Å². The fourth-order valence-electron chi connectivity index (χ4n) is 4.63. The van der Waals surface area contributed by atoms with Gasteiger partial charge in [0.05, 0.1) is 0 Å². The largest absolute Gasteiger partial charge is 0.370 e. The Morgan fingerprint density at radius 2 is 1.30 bits per heavy atom. The van der Waals surface area contributed by atoms with Crippen LogP contribution in [-0.2, 0) is 25.6 Å². The molecule has 0 fully saturated rings. The number of hydrogen-bond donors (Lipinski definition) is 10. The van der Waals surface area contributed by atoms with Crippen molar-refractivity contribution < 1.29 is 24.0 Å². The molecule has 248 valence electrons. The van der Waals surface area contributed by atoms with Gasteiger partial charge in [0.15, 0.2) is 17.7 Å². The summed E-state index contributed by atoms with van der Waals surface area (Å²) >= 11 is 0. The van der Waals surface area contributed by atoms with E-state index in [1.54, 1.807) is 55.5 Å². The van der Waals surface area contributed by atoms with Crippen molar-refractivity contribution in [1.82, 2.24) is 26.6 Å². The first-order valence-electron chi connectivity index (χ1n) is 14.8. The van der Waals surface area contributed by atoms with Crippen LogP contribution in [0.3, 0.4) is 0 Å². The summed E-state index contributed by atoms with van der Waals surface area (Å²) in [7, 11) is 0. The van der Waals surface area contributed by atoms with Gasteiger partial charge in [-0.15, -0.1) is 0 Å². The molecule has 0 aliphatic heterocycles. The summed E-state index contributed by atoms with van der Waals surface area (Å²) < 4.78 is 0. The van der Waals surface area contributed by atoms with Gasteiger partial charge >= 0.3 is 0 Å². The highest BCUT2D eigenvalue weighted by Crippen LogP contribution is 2.14. The average Bonchev–Trinajstić information content (AvgIpc) is 3.00. The highest BCUT2D eigenvalue weighted by atomic mass is 16.2. The monoisotopic (exact) mass is 636 g/mol. The molecule has 2 rings (SSSR count). The van der Waals surface area contributed by atoms with Gasteiger partial charge < -0.3 is 43.8 Å². The van der Waals surface area contributed by atoms with Gasteiger partial charge in [0.2, 0.25) is 23.6 Å². The molecule has 0 bridgehead atoms. The van der Waals surface area contributed by atoms with Gasteiger partial charge in [0, 0.05) is 37.6 Å². The molecular formula is C31H44N10O5. The maximum absolute atomic E-state index is 13.6. The van der Waals surface area contributed by atoms with Crippen LogP contribution in [0, 0.1) is 16.7 Å². The van der Waals surface area contributed by atoms with Crippen LogP contribution in [0.4, 0.5) is 0 Å². The van der Waals surface area contributed by atoms with Crippen LogP contribution in [0.2, 0.25) is 0 Å². The number of primary amides is 1. The van der Waals surface area contributed by atoms with Gasteiger partial charge in [0.1, 0.15) is 18.1 Å². The molecule has 2 aromatic carbocycles. The van der Waals surface area contributed by atoms with Crippen LogP contribution in [0.5, 0.6) is 0 Å². The number of hydrogen-bond acceptors (Lipinski definition) is 7. The molecule has 0 saturated carbocycles. The molecule has 0 aromatic heterocycles. The van der Waals surface area contributed by atoms with E-state index in [-0.39, 0.29) is 43.6 Å². The van der Waals surface area contributed by atoms with E-state index in [1.807, 2.05) is 6.07 Å². The van der Waals surface area contributed by atoms with Crippen LogP contribution >= 0.6 is 0 Å². The molecule has 0 unspecified atom stereocenters. The zero-order valence-electron chi connectivity index (χ0n) is 26.0. The lowest BCUT2D eigenvalue weighted by Crippen LogP contribution is -2.58. The molecule has 0 spiro atoms. The minimum Gasteiger partial charge on any atom is -0.370 e. The molecule has 0 radical (unpaired) electrons. The predicted molar refractivity (Wildman–Crippen MR) is 174 cm³/mol. The smallest absolute Gasteiger partial charge is 0.243 e. The second-order valence-electron chi connectivity index (χ2n) is 10.9. The fourth-order valence-corrected chi connectivity index (χ4v) is 4.63. The average molecular weight is 637 g/mol. The van der Waals surface area contributed by atoms with Gasteiger partial charge in [0.25, 0.3) is 0 Å². The third-order valence-corrected chi connectivity index (χ3v) is 7.10. The lowest BCUT2D eigenvalue weighted by atomic mass is 9.95. The molecule has 46 heavy (non-hydrogen) atoms. The Morgan fingerprint density at radius 1 is 0.717 bits per heavy atom. The topological polar surface area (TPSA) is 271 Å². The number of guanidine groups is 2. The first-order valence-corrected chi connectivity index (χ1v) is 14.8. The lowest BCUT2D eigenvalue weighted by molar-refractivity contribution is -0.134. The molecule has 0 heterocycles. The summed E-state index contributed by atoms with van der Waals surface area (Å²) in [5.74, 6) is -3.72. The fraction of sp³-hybridized carbons (Fsp3) is 0.387. The van der Waals surface area contributed by atoms with E-state index in [4.69, 9.17) is 28.0 Å². The quantitative estimate of drug-likeness (QED) is 0.0424. The molecular weight excluding hydrogens is 592 g/mol. The van der Waals surface area contributed by atoms with E-state index in [0.717, 1.165) is 0 Å². The SMILES string of the molecule is CC(=O)N[C@H](CCCNC(=N)N)C(=O)N[C@H](C(=O)N[C@@H](Cc1ccc(C(=O)c2ccccc2)cc1)C(N)=O)[C@@H](C)CCNC(=N)N. The Labute approximate surface area is 267 Å². The van der Waals surface area contributed by atoms with Crippen LogP contribution in [0.1, 0.15) is 54.6 Å². The number of carbonyl (C=O) groups excluding carboxylic acids is 5. The standard InChI is InChI=1S/C31H44N10O5/c1-18(14-16-38-31(35)36)25(41-28(45)23(39-19(2)42)9-6-15-37-30(33)34)29(46)40-24(27(32)44)17-20-10-12-22(13-11-20)26(43)21-7-4-3-5-8-21/h3-5,7-8,10-13,18,23-25H,6,9,14-17H2,1-2H3,(H2,32,44)(H,39,42)(H,40,46)(H,41,45)(H4,33,34,37)(H4,35,36,38)/t18-,23+,24-,25-/m0/s1. The molecule has 0 aliphatic carbocycles. The van der Waals surface area contributed by atoms with Crippen molar-refractivity contribution in [2.45, 2.75) is 57.7 Å². The van der Waals surface area contributed by atoms with Crippen molar-refractivity contribution >= 4 is 41.3 Å². The Hall–Kier alpha value is -5.47. The van der Waals surface area contributed by atoms with Gasteiger partial charge in [-0.2, -0.15) is 0 Å². The van der Waals surface area contributed by atoms with E-state index >= 15 is 0 Å². The first-order chi connectivity index (χ1) is 21.8. The van der Waals surface area contributed by atoms with Gasteiger partial charge in [-0.05, 0) is 30.7 Å². The van der Waals surface area contributed by atoms with E-state index in [0.29, 0.717) is 29.5 Å². The Kier molecular flexibility index (Phi) is 14.7. The third kappa shape index (κ3) is 12.6. The van der Waals surface area contributed by atoms with Gasteiger partial charge in [-0.25, -0.2) is 0 Å². The van der Waals surface area contributed by atoms with Crippen molar-refractivity contribution in [3.8, 4) is 0 Å². The molecule has 0 saturated heterocycles. The Bertz CT molecular complexity index is 1380. The molecule has 15 heteroatoms. The Morgan fingerprint density at radius 3 is 1.87 bits per heavy atom. The number of carbonyl (C=O) groups is 5. The summed E-state index contributed by atoms with van der Waals surface area (Å²) in [4.78, 5) is 63.9. The highest BCUT2D eigenvalue weighted by Gasteiger charge is 2.32. The van der Waals surface area contributed by atoms with E-state index in [1.165, 1.54) is 6.92 Å². The Balaban J connectivity index is 2.20. The zero-order valence-corrected chi connectivity index (χ0v) is 26.0. The van der Waals surface area contributed by atoms with Crippen molar-refractivity contribution in [3.05, 3.63) is 71.3 Å². The van der Waals surface area contributed by atoms with E-state index in [2.05, 4.69) is 26.6 Å². The number of amides is 4. The predicted octanol–water partition coefficient (Wildman–Crippen LogP) is -0.808. The second kappa shape index (κ2) is 18.4. The van der Waals surface area contributed by atoms with Crippen LogP contribution in [0.25, 0.3) is 0 Å². The molecule has 2 aromatic rings. The number of benzene rings is 2. The molecule has 15 nitrogen and oxygen atoms in total. The van der Waals surface area contributed by atoms with Crippen molar-refractivity contribution in [3.63, 3.8) is 0 Å². The summed E-state index contributed by atoms with van der Waals surface area (Å²) in [6, 6.07) is 12.1. The van der Waals surface area contributed by atoms with Crippen molar-refractivity contribution in [2.75, 3.05) is 13.1 Å². The van der Waals surface area contributed by atoms with E-state index < -0.39 is 47.7 Å². The van der Waals surface area contributed by atoms with Gasteiger partial charge in [-0.3, -0.25) is 34.8 Å². The number of rotatable bonds is 18. The summed E-state index contributed by atoms with van der Waals surface area (Å²) in [5.41, 5.74) is 17.9. The summed E-state index contributed by atoms with van der Waals surface area (Å²) in [6.07, 6.45) is 0.905. The lowest BCUT2D eigenvalue weighted by Gasteiger charge is -2.28. The number of nitrogens with two attached hydrogens (primary N) is 3. The first kappa shape index (κ1) is 36.7. The number of ketones is 1. The second-order valence-corrected chi connectivity index (χ2v) is 10.9. The molecule has 4 amide bonds. The maximum atomic E-state index is 13.6. The number of nitrogens with one attached hydrogen (secondary N) is 7. The molecule has 4 atom stereocenters. The van der Waals surface area contributed by atoms with Crippen molar-refractivity contribution in [2.24, 2.45) is 23.1 Å². The normalized spacial score (nSPS) is 13.2. The zero-order chi connectivity index (χ0) is 34.2. The van der Waals surface area contributed by atoms with Gasteiger partial charge in [-0.1, -0.05) is 61.5 Å². The third-order valence-electron chi connectivity index (χ3n) is 7.10. The maximum Gasteiger partial charge on any atom is 0.243 e.